The smallest absolute Gasteiger partial charge is 0.417 e. The van der Waals surface area contributed by atoms with Gasteiger partial charge in [0.05, 0.1) is 17.7 Å². The minimum atomic E-state index is -4.51. The van der Waals surface area contributed by atoms with Crippen LogP contribution >= 0.6 is 27.3 Å². The summed E-state index contributed by atoms with van der Waals surface area (Å²) in [5.74, 6) is -1.04. The molecule has 2 rings (SSSR count). The molecule has 112 valence electrons. The summed E-state index contributed by atoms with van der Waals surface area (Å²) in [4.78, 5) is 15.3. The molecule has 0 saturated heterocycles. The number of thiazole rings is 1. The van der Waals surface area contributed by atoms with Crippen LogP contribution in [0.4, 0.5) is 13.2 Å². The molecule has 21 heavy (non-hydrogen) atoms. The first-order valence-electron chi connectivity index (χ1n) is 5.73. The number of carbonyl (C=O) groups is 1. The molecule has 0 unspecified atom stereocenters. The monoisotopic (exact) mass is 379 g/mol. The van der Waals surface area contributed by atoms with Crippen molar-refractivity contribution in [3.63, 3.8) is 0 Å². The topological polar surface area (TPSA) is 50.2 Å². The second kappa shape index (κ2) is 5.76. The van der Waals surface area contributed by atoms with Gasteiger partial charge in [-0.15, -0.1) is 11.3 Å². The van der Waals surface area contributed by atoms with Crippen molar-refractivity contribution in [3.05, 3.63) is 38.8 Å². The SMILES string of the molecule is Cc1nc(-c2ccc(Br)cc2C(F)(F)F)sc1CC(=O)O. The Hall–Kier alpha value is -1.41. The van der Waals surface area contributed by atoms with Gasteiger partial charge in [-0.25, -0.2) is 4.98 Å². The van der Waals surface area contributed by atoms with Crippen LogP contribution in [0, 0.1) is 6.92 Å². The zero-order valence-corrected chi connectivity index (χ0v) is 13.1. The van der Waals surface area contributed by atoms with Gasteiger partial charge in [0.2, 0.25) is 0 Å². The first kappa shape index (κ1) is 16.0. The highest BCUT2D eigenvalue weighted by atomic mass is 79.9. The van der Waals surface area contributed by atoms with Gasteiger partial charge in [-0.1, -0.05) is 22.0 Å². The molecule has 1 N–H and O–H groups in total. The van der Waals surface area contributed by atoms with Gasteiger partial charge in [-0.3, -0.25) is 4.79 Å². The average Bonchev–Trinajstić information content (AvgIpc) is 2.68. The molecule has 0 saturated carbocycles. The van der Waals surface area contributed by atoms with Crippen LogP contribution in [0.25, 0.3) is 10.6 Å². The molecule has 0 spiro atoms. The summed E-state index contributed by atoms with van der Waals surface area (Å²) in [7, 11) is 0. The first-order chi connectivity index (χ1) is 9.68. The summed E-state index contributed by atoms with van der Waals surface area (Å²) in [5.41, 5.74) is -0.406. The normalized spacial score (nSPS) is 11.7. The summed E-state index contributed by atoms with van der Waals surface area (Å²) in [6.45, 7) is 1.59. The van der Waals surface area contributed by atoms with Gasteiger partial charge in [0.15, 0.2) is 0 Å². The van der Waals surface area contributed by atoms with E-state index in [2.05, 4.69) is 20.9 Å². The predicted molar refractivity (Wildman–Crippen MR) is 76.3 cm³/mol. The second-order valence-electron chi connectivity index (χ2n) is 4.29. The Labute approximate surface area is 130 Å². The molecule has 1 heterocycles. The number of hydrogen-bond donors (Lipinski definition) is 1. The van der Waals surface area contributed by atoms with E-state index in [-0.39, 0.29) is 17.0 Å². The molecular formula is C13H9BrF3NO2S. The number of carboxylic acids is 1. The molecule has 0 aliphatic heterocycles. The van der Waals surface area contributed by atoms with Crippen LogP contribution < -0.4 is 0 Å². The fourth-order valence-electron chi connectivity index (χ4n) is 1.78. The lowest BCUT2D eigenvalue weighted by molar-refractivity contribution is -0.137. The third kappa shape index (κ3) is 3.62. The molecule has 0 amide bonds. The zero-order chi connectivity index (χ0) is 15.8. The van der Waals surface area contributed by atoms with E-state index in [1.807, 2.05) is 0 Å². The van der Waals surface area contributed by atoms with Crippen molar-refractivity contribution in [2.75, 3.05) is 0 Å². The van der Waals surface area contributed by atoms with Crippen molar-refractivity contribution in [1.29, 1.82) is 0 Å². The Morgan fingerprint density at radius 3 is 2.67 bits per heavy atom. The molecule has 0 aliphatic carbocycles. The Morgan fingerprint density at radius 1 is 1.43 bits per heavy atom. The lowest BCUT2D eigenvalue weighted by Gasteiger charge is -2.11. The number of carboxylic acid groups (broad SMARTS) is 1. The average molecular weight is 380 g/mol. The summed E-state index contributed by atoms with van der Waals surface area (Å²) >= 11 is 3.99. The van der Waals surface area contributed by atoms with Gasteiger partial charge in [0.1, 0.15) is 5.01 Å². The Bertz CT molecular complexity index is 697. The van der Waals surface area contributed by atoms with E-state index in [9.17, 15) is 18.0 Å². The van der Waals surface area contributed by atoms with Gasteiger partial charge in [-0.2, -0.15) is 13.2 Å². The number of aromatic nitrogens is 1. The summed E-state index contributed by atoms with van der Waals surface area (Å²) in [6.07, 6.45) is -4.76. The number of hydrogen-bond acceptors (Lipinski definition) is 3. The number of nitrogens with zero attached hydrogens (tertiary/aromatic N) is 1. The quantitative estimate of drug-likeness (QED) is 0.852. The Balaban J connectivity index is 2.55. The Kier molecular flexibility index (Phi) is 4.38. The molecule has 0 radical (unpaired) electrons. The molecule has 1 aromatic heterocycles. The van der Waals surface area contributed by atoms with Crippen molar-refractivity contribution in [3.8, 4) is 10.6 Å². The van der Waals surface area contributed by atoms with E-state index in [0.717, 1.165) is 17.4 Å². The number of halogens is 4. The van der Waals surface area contributed by atoms with Gasteiger partial charge in [-0.05, 0) is 19.1 Å². The maximum absolute atomic E-state index is 13.1. The Morgan fingerprint density at radius 2 is 2.10 bits per heavy atom. The van der Waals surface area contributed by atoms with Crippen molar-refractivity contribution in [2.24, 2.45) is 0 Å². The highest BCUT2D eigenvalue weighted by Crippen LogP contribution is 2.40. The summed E-state index contributed by atoms with van der Waals surface area (Å²) in [5, 5.41) is 8.95. The largest absolute Gasteiger partial charge is 0.481 e. The predicted octanol–water partition coefficient (Wildman–Crippen LogP) is 4.53. The fourth-order valence-corrected chi connectivity index (χ4v) is 3.24. The van der Waals surface area contributed by atoms with E-state index in [1.54, 1.807) is 6.92 Å². The number of alkyl halides is 3. The molecule has 0 aliphatic rings. The fraction of sp³-hybridized carbons (Fsp3) is 0.231. The molecule has 0 fully saturated rings. The van der Waals surface area contributed by atoms with Crippen molar-refractivity contribution >= 4 is 33.2 Å². The van der Waals surface area contributed by atoms with Crippen LogP contribution in [0.3, 0.4) is 0 Å². The van der Waals surface area contributed by atoms with Crippen LogP contribution in [0.15, 0.2) is 22.7 Å². The lowest BCUT2D eigenvalue weighted by Crippen LogP contribution is -2.07. The molecule has 0 atom stereocenters. The minimum Gasteiger partial charge on any atom is -0.481 e. The second-order valence-corrected chi connectivity index (χ2v) is 6.29. The highest BCUT2D eigenvalue weighted by Gasteiger charge is 2.34. The van der Waals surface area contributed by atoms with Crippen LogP contribution in [0.1, 0.15) is 16.1 Å². The summed E-state index contributed by atoms with van der Waals surface area (Å²) < 4.78 is 39.6. The number of rotatable bonds is 3. The van der Waals surface area contributed by atoms with Crippen LogP contribution in [0.2, 0.25) is 0 Å². The third-order valence-corrected chi connectivity index (χ3v) is 4.41. The van der Waals surface area contributed by atoms with Crippen LogP contribution in [-0.4, -0.2) is 16.1 Å². The molecule has 0 bridgehead atoms. The van der Waals surface area contributed by atoms with Crippen LogP contribution in [-0.2, 0) is 17.4 Å². The third-order valence-electron chi connectivity index (χ3n) is 2.72. The number of aryl methyl sites for hydroxylation is 1. The van der Waals surface area contributed by atoms with Crippen molar-refractivity contribution < 1.29 is 23.1 Å². The van der Waals surface area contributed by atoms with Gasteiger partial charge in [0.25, 0.3) is 0 Å². The van der Waals surface area contributed by atoms with Gasteiger partial charge in [0, 0.05) is 14.9 Å². The maximum atomic E-state index is 13.1. The molecule has 8 heteroatoms. The van der Waals surface area contributed by atoms with E-state index >= 15 is 0 Å². The van der Waals surface area contributed by atoms with E-state index < -0.39 is 17.7 Å². The van der Waals surface area contributed by atoms with E-state index in [4.69, 9.17) is 5.11 Å². The highest BCUT2D eigenvalue weighted by molar-refractivity contribution is 9.10. The van der Waals surface area contributed by atoms with Crippen LogP contribution in [0.5, 0.6) is 0 Å². The van der Waals surface area contributed by atoms with Gasteiger partial charge >= 0.3 is 12.1 Å². The van der Waals surface area contributed by atoms with E-state index in [1.165, 1.54) is 12.1 Å². The molecule has 3 nitrogen and oxygen atoms in total. The van der Waals surface area contributed by atoms with Crippen molar-refractivity contribution in [1.82, 2.24) is 4.98 Å². The van der Waals surface area contributed by atoms with Gasteiger partial charge < -0.3 is 5.11 Å². The van der Waals surface area contributed by atoms with E-state index in [0.29, 0.717) is 15.0 Å². The lowest BCUT2D eigenvalue weighted by atomic mass is 10.1. The summed E-state index contributed by atoms with van der Waals surface area (Å²) in [6, 6.07) is 3.82. The zero-order valence-electron chi connectivity index (χ0n) is 10.7. The number of benzene rings is 1. The van der Waals surface area contributed by atoms with Crippen molar-refractivity contribution in [2.45, 2.75) is 19.5 Å². The molecule has 2 aromatic rings. The first-order valence-corrected chi connectivity index (χ1v) is 7.34. The standard InChI is InChI=1S/C13H9BrF3NO2S/c1-6-10(5-11(19)20)21-12(18-6)8-3-2-7(14)4-9(8)13(15,16)17/h2-4H,5H2,1H3,(H,19,20). The molecular weight excluding hydrogens is 371 g/mol. The maximum Gasteiger partial charge on any atom is 0.417 e. The number of aliphatic carboxylic acids is 1. The molecule has 1 aromatic carbocycles. The minimum absolute atomic E-state index is 0.0459.